The lowest BCUT2D eigenvalue weighted by atomic mass is 9.63. The number of nitrogens with zero attached hydrogens (tertiary/aromatic N) is 2. The second-order valence-corrected chi connectivity index (χ2v) is 7.59. The Kier molecular flexibility index (Phi) is 3.00. The van der Waals surface area contributed by atoms with Crippen molar-refractivity contribution in [3.8, 4) is 0 Å². The zero-order valence-electron chi connectivity index (χ0n) is 14.1. The number of hydrogen-bond acceptors (Lipinski definition) is 3. The Bertz CT molecular complexity index is 811. The van der Waals surface area contributed by atoms with E-state index in [0.29, 0.717) is 12.2 Å². The van der Waals surface area contributed by atoms with Gasteiger partial charge in [-0.2, -0.15) is 0 Å². The Morgan fingerprint density at radius 3 is 2.24 bits per heavy atom. The zero-order valence-corrected chi connectivity index (χ0v) is 14.1. The van der Waals surface area contributed by atoms with Crippen LogP contribution in [0.4, 0.5) is 11.4 Å². The van der Waals surface area contributed by atoms with Gasteiger partial charge in [0, 0.05) is 19.2 Å². The summed E-state index contributed by atoms with van der Waals surface area (Å²) in [4.78, 5) is 41.0. The smallest absolute Gasteiger partial charge is 0.238 e. The van der Waals surface area contributed by atoms with Crippen molar-refractivity contribution in [1.29, 1.82) is 0 Å². The summed E-state index contributed by atoms with van der Waals surface area (Å²) >= 11 is 0. The highest BCUT2D eigenvalue weighted by Crippen LogP contribution is 2.50. The molecule has 1 saturated carbocycles. The third kappa shape index (κ3) is 1.92. The highest BCUT2D eigenvalue weighted by Gasteiger charge is 2.56. The van der Waals surface area contributed by atoms with E-state index in [1.165, 1.54) is 4.90 Å². The molecule has 2 fully saturated rings. The first-order valence-electron chi connectivity index (χ1n) is 9.03. The van der Waals surface area contributed by atoms with Crippen LogP contribution in [0.5, 0.6) is 0 Å². The van der Waals surface area contributed by atoms with Crippen LogP contribution < -0.4 is 9.80 Å². The number of fused-ring (bicyclic) bond motifs is 2. The van der Waals surface area contributed by atoms with Crippen molar-refractivity contribution in [2.75, 3.05) is 16.3 Å². The highest BCUT2D eigenvalue weighted by atomic mass is 16.2. The molecule has 0 radical (unpaired) electrons. The minimum Gasteiger partial charge on any atom is -0.312 e. The molecular formula is C20H20N2O3. The first kappa shape index (κ1) is 14.9. The molecule has 2 heterocycles. The molecule has 6 rings (SSSR count). The molecule has 0 aromatic heterocycles. The number of hydrogen-bond donors (Lipinski definition) is 0. The van der Waals surface area contributed by atoms with Crippen molar-refractivity contribution in [3.63, 3.8) is 0 Å². The molecule has 2 bridgehead atoms. The molecule has 1 saturated heterocycles. The number of benzene rings is 1. The molecule has 3 aliphatic carbocycles. The highest BCUT2D eigenvalue weighted by molar-refractivity contribution is 6.22. The van der Waals surface area contributed by atoms with E-state index in [1.807, 2.05) is 18.2 Å². The monoisotopic (exact) mass is 336 g/mol. The predicted molar refractivity (Wildman–Crippen MR) is 93.0 cm³/mol. The van der Waals surface area contributed by atoms with Gasteiger partial charge in [-0.3, -0.25) is 14.4 Å². The van der Waals surface area contributed by atoms with Crippen LogP contribution >= 0.6 is 0 Å². The molecule has 5 aliphatic rings. The van der Waals surface area contributed by atoms with Crippen molar-refractivity contribution < 1.29 is 14.4 Å². The quantitative estimate of drug-likeness (QED) is 0.584. The number of allylic oxidation sites excluding steroid dienone is 2. The summed E-state index contributed by atoms with van der Waals surface area (Å²) < 4.78 is 0. The van der Waals surface area contributed by atoms with Gasteiger partial charge in [-0.1, -0.05) is 18.2 Å². The number of rotatable bonds is 1. The molecule has 0 N–H and O–H groups in total. The van der Waals surface area contributed by atoms with Crippen LogP contribution in [0.15, 0.2) is 30.4 Å². The second kappa shape index (κ2) is 5.04. The lowest BCUT2D eigenvalue weighted by molar-refractivity contribution is -0.124. The van der Waals surface area contributed by atoms with E-state index in [4.69, 9.17) is 0 Å². The first-order chi connectivity index (χ1) is 12.1. The van der Waals surface area contributed by atoms with E-state index in [1.54, 1.807) is 11.8 Å². The number of carbonyl (C=O) groups excluding carboxylic acids is 3. The molecule has 4 unspecified atom stereocenters. The van der Waals surface area contributed by atoms with Crippen LogP contribution in [-0.2, 0) is 20.8 Å². The van der Waals surface area contributed by atoms with Crippen LogP contribution in [0.25, 0.3) is 0 Å². The van der Waals surface area contributed by atoms with Gasteiger partial charge in [-0.05, 0) is 48.8 Å². The molecule has 0 spiro atoms. The summed E-state index contributed by atoms with van der Waals surface area (Å²) in [5, 5.41) is 0. The van der Waals surface area contributed by atoms with Crippen LogP contribution in [0.2, 0.25) is 0 Å². The Morgan fingerprint density at radius 1 is 1.04 bits per heavy atom. The van der Waals surface area contributed by atoms with E-state index in [9.17, 15) is 14.4 Å². The fourth-order valence-electron chi connectivity index (χ4n) is 5.16. The van der Waals surface area contributed by atoms with Gasteiger partial charge < -0.3 is 4.90 Å². The van der Waals surface area contributed by atoms with Gasteiger partial charge in [0.05, 0.1) is 17.5 Å². The average molecular weight is 336 g/mol. The predicted octanol–water partition coefficient (Wildman–Crippen LogP) is 2.30. The largest absolute Gasteiger partial charge is 0.312 e. The molecule has 5 nitrogen and oxygen atoms in total. The van der Waals surface area contributed by atoms with Crippen LogP contribution in [0.1, 0.15) is 25.3 Å². The lowest BCUT2D eigenvalue weighted by Gasteiger charge is -2.38. The summed E-state index contributed by atoms with van der Waals surface area (Å²) in [5.41, 5.74) is 2.54. The topological polar surface area (TPSA) is 57.7 Å². The SMILES string of the molecule is CC(=O)N1CCc2ccc(N3C(=O)C4C5C=CC(CC5)C4C3=O)cc21. The van der Waals surface area contributed by atoms with Crippen molar-refractivity contribution >= 4 is 29.1 Å². The third-order valence-electron chi connectivity index (χ3n) is 6.36. The summed E-state index contributed by atoms with van der Waals surface area (Å²) in [7, 11) is 0. The van der Waals surface area contributed by atoms with Crippen molar-refractivity contribution in [3.05, 3.63) is 35.9 Å². The van der Waals surface area contributed by atoms with Gasteiger partial charge in [0.1, 0.15) is 0 Å². The Hall–Kier alpha value is -2.43. The van der Waals surface area contributed by atoms with Gasteiger partial charge in [0.25, 0.3) is 0 Å². The van der Waals surface area contributed by atoms with Crippen molar-refractivity contribution in [2.24, 2.45) is 23.7 Å². The molecule has 4 atom stereocenters. The zero-order chi connectivity index (χ0) is 17.3. The maximum absolute atomic E-state index is 13.0. The van der Waals surface area contributed by atoms with Gasteiger partial charge in [-0.25, -0.2) is 4.90 Å². The maximum atomic E-state index is 13.0. The van der Waals surface area contributed by atoms with Crippen molar-refractivity contribution in [1.82, 2.24) is 0 Å². The molecule has 1 aromatic rings. The van der Waals surface area contributed by atoms with Gasteiger partial charge in [-0.15, -0.1) is 0 Å². The number of amides is 3. The summed E-state index contributed by atoms with van der Waals surface area (Å²) in [6.45, 7) is 2.21. The molecule has 5 heteroatoms. The van der Waals surface area contributed by atoms with Crippen LogP contribution in [0, 0.1) is 23.7 Å². The first-order valence-corrected chi connectivity index (χ1v) is 9.03. The van der Waals surface area contributed by atoms with Gasteiger partial charge >= 0.3 is 0 Å². The fourth-order valence-corrected chi connectivity index (χ4v) is 5.16. The van der Waals surface area contributed by atoms with E-state index >= 15 is 0 Å². The van der Waals surface area contributed by atoms with E-state index in [2.05, 4.69) is 12.2 Å². The number of anilines is 2. The minimum atomic E-state index is -0.201. The Labute approximate surface area is 146 Å². The summed E-state index contributed by atoms with van der Waals surface area (Å²) in [6, 6.07) is 5.64. The third-order valence-corrected chi connectivity index (χ3v) is 6.36. The minimum absolute atomic E-state index is 0.00844. The van der Waals surface area contributed by atoms with Crippen LogP contribution in [0.3, 0.4) is 0 Å². The van der Waals surface area contributed by atoms with Crippen molar-refractivity contribution in [2.45, 2.75) is 26.2 Å². The Morgan fingerprint density at radius 2 is 1.68 bits per heavy atom. The molecule has 1 aromatic carbocycles. The van der Waals surface area contributed by atoms with E-state index in [-0.39, 0.29) is 41.4 Å². The maximum Gasteiger partial charge on any atom is 0.238 e. The summed E-state index contributed by atoms with van der Waals surface area (Å²) in [5.74, 6) is -0.158. The Balaban J connectivity index is 1.55. The standard InChI is InChI=1S/C20H20N2O3/c1-11(23)21-9-8-12-6-7-15(10-16(12)21)22-19(24)17-13-2-3-14(5-4-13)18(17)20(22)25/h2-3,6-7,10,13-14,17-18H,4-5,8-9H2,1H3. The molecule has 2 aliphatic heterocycles. The van der Waals surface area contributed by atoms with E-state index in [0.717, 1.165) is 30.5 Å². The molecule has 128 valence electrons. The normalized spacial score (nSPS) is 32.4. The number of carbonyl (C=O) groups is 3. The number of imide groups is 1. The average Bonchev–Trinajstić information content (AvgIpc) is 3.16. The lowest BCUT2D eigenvalue weighted by Crippen LogP contribution is -2.38. The van der Waals surface area contributed by atoms with Crippen LogP contribution in [-0.4, -0.2) is 24.3 Å². The molecule has 3 amide bonds. The molecular weight excluding hydrogens is 316 g/mol. The summed E-state index contributed by atoms with van der Waals surface area (Å²) in [6.07, 6.45) is 7.07. The van der Waals surface area contributed by atoms with Gasteiger partial charge in [0.15, 0.2) is 0 Å². The van der Waals surface area contributed by atoms with E-state index < -0.39 is 0 Å². The fraction of sp³-hybridized carbons (Fsp3) is 0.450. The second-order valence-electron chi connectivity index (χ2n) is 7.59. The van der Waals surface area contributed by atoms with Gasteiger partial charge in [0.2, 0.25) is 17.7 Å². The molecule has 25 heavy (non-hydrogen) atoms.